The summed E-state index contributed by atoms with van der Waals surface area (Å²) in [6.45, 7) is 6.33. The number of aromatic carboxylic acids is 2. The molecule has 0 aliphatic heterocycles. The largest absolute Gasteiger partial charge is 0.478 e. The summed E-state index contributed by atoms with van der Waals surface area (Å²) in [6.07, 6.45) is 2.99. The molecule has 0 saturated carbocycles. The van der Waals surface area contributed by atoms with E-state index in [0.29, 0.717) is 12.8 Å². The van der Waals surface area contributed by atoms with Crippen molar-refractivity contribution in [2.24, 2.45) is 0 Å². The second-order valence-corrected chi connectivity index (χ2v) is 5.42. The van der Waals surface area contributed by atoms with Gasteiger partial charge in [-0.15, -0.1) is 0 Å². The van der Waals surface area contributed by atoms with Crippen LogP contribution >= 0.6 is 0 Å². The third-order valence-corrected chi connectivity index (χ3v) is 3.35. The third-order valence-electron chi connectivity index (χ3n) is 3.35. The molecule has 1 aromatic rings. The summed E-state index contributed by atoms with van der Waals surface area (Å²) in [5, 5.41) is 20.7. The smallest absolute Gasteiger partial charge is 0.338 e. The number of nitrogens with one attached hydrogen (secondary N) is 1. The van der Waals surface area contributed by atoms with Crippen molar-refractivity contribution in [3.63, 3.8) is 0 Å². The average Bonchev–Trinajstić information content (AvgIpc) is 2.53. The van der Waals surface area contributed by atoms with Gasteiger partial charge in [-0.1, -0.05) is 20.3 Å². The van der Waals surface area contributed by atoms with Gasteiger partial charge in [-0.25, -0.2) is 9.59 Å². The van der Waals surface area contributed by atoms with Crippen LogP contribution < -0.4 is 5.32 Å². The Hall–Kier alpha value is -2.41. The molecule has 0 bridgehead atoms. The minimum absolute atomic E-state index is 0.0889. The zero-order valence-corrected chi connectivity index (χ0v) is 15.2. The molecule has 1 aromatic carbocycles. The number of carboxylic acid groups (broad SMARTS) is 2. The van der Waals surface area contributed by atoms with Gasteiger partial charge in [0.1, 0.15) is 0 Å². The van der Waals surface area contributed by atoms with E-state index in [2.05, 4.69) is 12.2 Å². The Balaban J connectivity index is 0.00000101. The van der Waals surface area contributed by atoms with Crippen LogP contribution in [0.5, 0.6) is 0 Å². The van der Waals surface area contributed by atoms with Crippen molar-refractivity contribution < 1.29 is 29.3 Å². The lowest BCUT2D eigenvalue weighted by Gasteiger charge is -2.12. The van der Waals surface area contributed by atoms with Crippen molar-refractivity contribution in [2.75, 3.05) is 19.0 Å². The summed E-state index contributed by atoms with van der Waals surface area (Å²) in [6, 6.07) is 2.60. The van der Waals surface area contributed by atoms with E-state index in [1.165, 1.54) is 19.1 Å². The zero-order valence-electron chi connectivity index (χ0n) is 15.2. The lowest BCUT2D eigenvalue weighted by atomic mass is 10.00. The lowest BCUT2D eigenvalue weighted by molar-refractivity contribution is -0.116. The summed E-state index contributed by atoms with van der Waals surface area (Å²) < 4.78 is 4.69. The van der Waals surface area contributed by atoms with E-state index in [0.717, 1.165) is 19.4 Å². The molecule has 0 atom stereocenters. The molecule has 3 N–H and O–H groups in total. The van der Waals surface area contributed by atoms with Crippen molar-refractivity contribution in [1.29, 1.82) is 0 Å². The first-order chi connectivity index (χ1) is 11.8. The van der Waals surface area contributed by atoms with E-state index in [-0.39, 0.29) is 28.3 Å². The summed E-state index contributed by atoms with van der Waals surface area (Å²) in [5.41, 5.74) is -0.0249. The number of carbonyl (C=O) groups is 3. The van der Waals surface area contributed by atoms with Crippen LogP contribution in [-0.2, 0) is 9.53 Å². The first kappa shape index (κ1) is 22.6. The van der Waals surface area contributed by atoms with Crippen LogP contribution in [0, 0.1) is 6.92 Å². The first-order valence-corrected chi connectivity index (χ1v) is 8.18. The molecular formula is C18H27NO6. The number of ether oxygens (including phenoxy) is 1. The minimum Gasteiger partial charge on any atom is -0.478 e. The van der Waals surface area contributed by atoms with Crippen molar-refractivity contribution in [3.8, 4) is 0 Å². The van der Waals surface area contributed by atoms with Crippen molar-refractivity contribution in [3.05, 3.63) is 28.8 Å². The summed E-state index contributed by atoms with van der Waals surface area (Å²) >= 11 is 0. The first-order valence-electron chi connectivity index (χ1n) is 8.18. The fourth-order valence-electron chi connectivity index (χ4n) is 2.08. The van der Waals surface area contributed by atoms with Crippen LogP contribution in [-0.4, -0.2) is 41.8 Å². The second-order valence-electron chi connectivity index (χ2n) is 5.42. The van der Waals surface area contributed by atoms with Crippen molar-refractivity contribution >= 4 is 23.5 Å². The highest BCUT2D eigenvalue weighted by Crippen LogP contribution is 2.23. The summed E-state index contributed by atoms with van der Waals surface area (Å²) in [4.78, 5) is 33.9. The maximum atomic E-state index is 11.7. The average molecular weight is 353 g/mol. The van der Waals surface area contributed by atoms with Crippen LogP contribution in [0.2, 0.25) is 0 Å². The quantitative estimate of drug-likeness (QED) is 0.658. The molecule has 7 heteroatoms. The van der Waals surface area contributed by atoms with Gasteiger partial charge in [-0.2, -0.15) is 0 Å². The number of rotatable bonds is 8. The molecule has 0 aliphatic rings. The standard InChI is InChI=1S/C14H17NO5.C4H10O/c1-3-4-5-11(16)15-10-7-6-9(13(17)18)8(2)12(10)14(19)20;1-3-4-5-2/h6-7H,3-5H2,1-2H3,(H,15,16)(H,17,18)(H,19,20);3-4H2,1-2H3. The molecule has 25 heavy (non-hydrogen) atoms. The lowest BCUT2D eigenvalue weighted by Crippen LogP contribution is -2.16. The third kappa shape index (κ3) is 7.80. The predicted octanol–water partition coefficient (Wildman–Crippen LogP) is 3.56. The van der Waals surface area contributed by atoms with E-state index in [1.54, 1.807) is 7.11 Å². The number of anilines is 1. The topological polar surface area (TPSA) is 113 Å². The summed E-state index contributed by atoms with van der Waals surface area (Å²) in [5.74, 6) is -2.75. The van der Waals surface area contributed by atoms with Crippen LogP contribution in [0.1, 0.15) is 65.8 Å². The molecular weight excluding hydrogens is 326 g/mol. The van der Waals surface area contributed by atoms with Gasteiger partial charge in [-0.3, -0.25) is 4.79 Å². The Morgan fingerprint density at radius 3 is 2.12 bits per heavy atom. The summed E-state index contributed by atoms with van der Waals surface area (Å²) in [7, 11) is 1.71. The molecule has 0 radical (unpaired) electrons. The molecule has 7 nitrogen and oxygen atoms in total. The number of hydrogen-bond donors (Lipinski definition) is 3. The molecule has 0 fully saturated rings. The van der Waals surface area contributed by atoms with Gasteiger partial charge in [0.15, 0.2) is 0 Å². The van der Waals surface area contributed by atoms with Crippen LogP contribution in [0.15, 0.2) is 12.1 Å². The number of unbranched alkanes of at least 4 members (excludes halogenated alkanes) is 1. The van der Waals surface area contributed by atoms with E-state index < -0.39 is 11.9 Å². The number of benzene rings is 1. The Morgan fingerprint density at radius 1 is 1.08 bits per heavy atom. The van der Waals surface area contributed by atoms with E-state index in [9.17, 15) is 19.5 Å². The normalized spacial score (nSPS) is 9.76. The van der Waals surface area contributed by atoms with E-state index >= 15 is 0 Å². The van der Waals surface area contributed by atoms with Gasteiger partial charge in [0.25, 0.3) is 0 Å². The Labute approximate surface area is 148 Å². The van der Waals surface area contributed by atoms with Gasteiger partial charge >= 0.3 is 11.9 Å². The molecule has 1 amide bonds. The number of amides is 1. The van der Waals surface area contributed by atoms with Crippen molar-refractivity contribution in [2.45, 2.75) is 46.5 Å². The van der Waals surface area contributed by atoms with Gasteiger partial charge in [0, 0.05) is 20.1 Å². The Bertz CT molecular complexity index is 595. The van der Waals surface area contributed by atoms with Crippen LogP contribution in [0.4, 0.5) is 5.69 Å². The van der Waals surface area contributed by atoms with Gasteiger partial charge in [-0.05, 0) is 37.5 Å². The molecule has 0 aromatic heterocycles. The molecule has 0 spiro atoms. The molecule has 0 unspecified atom stereocenters. The van der Waals surface area contributed by atoms with E-state index in [1.807, 2.05) is 6.92 Å². The minimum atomic E-state index is -1.27. The molecule has 0 saturated heterocycles. The molecule has 0 heterocycles. The Morgan fingerprint density at radius 2 is 1.72 bits per heavy atom. The number of hydrogen-bond acceptors (Lipinski definition) is 4. The predicted molar refractivity (Wildman–Crippen MR) is 95.4 cm³/mol. The zero-order chi connectivity index (χ0) is 19.4. The Kier molecular flexibility index (Phi) is 10.9. The van der Waals surface area contributed by atoms with Gasteiger partial charge in [0.2, 0.25) is 5.91 Å². The second kappa shape index (κ2) is 12.0. The monoisotopic (exact) mass is 353 g/mol. The van der Waals surface area contributed by atoms with Crippen molar-refractivity contribution in [1.82, 2.24) is 0 Å². The maximum Gasteiger partial charge on any atom is 0.338 e. The van der Waals surface area contributed by atoms with Gasteiger partial charge < -0.3 is 20.3 Å². The SMILES string of the molecule is CCCCC(=O)Nc1ccc(C(=O)O)c(C)c1C(=O)O.CCCOC. The highest BCUT2D eigenvalue weighted by molar-refractivity contribution is 6.04. The number of carbonyl (C=O) groups excluding carboxylic acids is 1. The maximum absolute atomic E-state index is 11.7. The highest BCUT2D eigenvalue weighted by Gasteiger charge is 2.20. The van der Waals surface area contributed by atoms with Crippen LogP contribution in [0.3, 0.4) is 0 Å². The molecule has 0 aliphatic carbocycles. The molecule has 140 valence electrons. The van der Waals surface area contributed by atoms with E-state index in [4.69, 9.17) is 9.84 Å². The number of methoxy groups -OCH3 is 1. The fraction of sp³-hybridized carbons (Fsp3) is 0.500. The molecule has 1 rings (SSSR count). The highest BCUT2D eigenvalue weighted by atomic mass is 16.5. The number of carboxylic acids is 2. The van der Waals surface area contributed by atoms with Crippen LogP contribution in [0.25, 0.3) is 0 Å². The fourth-order valence-corrected chi connectivity index (χ4v) is 2.08. The van der Waals surface area contributed by atoms with Gasteiger partial charge in [0.05, 0.1) is 16.8 Å².